The van der Waals surface area contributed by atoms with Gasteiger partial charge in [0, 0.05) is 38.0 Å². The Balaban J connectivity index is 1.94. The molecule has 2 unspecified atom stereocenters. The van der Waals surface area contributed by atoms with Crippen molar-refractivity contribution in [1.29, 1.82) is 0 Å². The van der Waals surface area contributed by atoms with Crippen molar-refractivity contribution in [3.05, 3.63) is 30.1 Å². The number of rotatable bonds is 6. The van der Waals surface area contributed by atoms with E-state index in [4.69, 9.17) is 4.74 Å². The van der Waals surface area contributed by atoms with E-state index in [9.17, 15) is 0 Å². The van der Waals surface area contributed by atoms with Crippen molar-refractivity contribution in [3.8, 4) is 0 Å². The molecule has 0 aliphatic heterocycles. The van der Waals surface area contributed by atoms with E-state index in [-0.39, 0.29) is 0 Å². The molecule has 1 saturated carbocycles. The maximum absolute atomic E-state index is 5.04. The summed E-state index contributed by atoms with van der Waals surface area (Å²) in [6.07, 6.45) is 5.05. The SMILES string of the molecule is COCCNCC1(c2ccncc2)CC1C. The molecule has 1 aromatic rings. The van der Waals surface area contributed by atoms with Gasteiger partial charge in [0.05, 0.1) is 6.61 Å². The first-order valence-electron chi connectivity index (χ1n) is 5.90. The van der Waals surface area contributed by atoms with Crippen molar-refractivity contribution in [2.24, 2.45) is 5.92 Å². The van der Waals surface area contributed by atoms with E-state index < -0.39 is 0 Å². The van der Waals surface area contributed by atoms with Crippen molar-refractivity contribution in [2.45, 2.75) is 18.8 Å². The van der Waals surface area contributed by atoms with E-state index >= 15 is 0 Å². The van der Waals surface area contributed by atoms with Crippen LogP contribution >= 0.6 is 0 Å². The smallest absolute Gasteiger partial charge is 0.0587 e. The second-order valence-electron chi connectivity index (χ2n) is 4.67. The number of nitrogens with zero attached hydrogens (tertiary/aromatic N) is 1. The Hall–Kier alpha value is -0.930. The summed E-state index contributed by atoms with van der Waals surface area (Å²) in [5, 5.41) is 3.47. The number of hydrogen-bond acceptors (Lipinski definition) is 3. The first kappa shape index (κ1) is 11.6. The van der Waals surface area contributed by atoms with Gasteiger partial charge in [0.25, 0.3) is 0 Å². The van der Waals surface area contributed by atoms with Gasteiger partial charge >= 0.3 is 0 Å². The lowest BCUT2D eigenvalue weighted by Gasteiger charge is -2.17. The first-order valence-corrected chi connectivity index (χ1v) is 5.90. The maximum Gasteiger partial charge on any atom is 0.0587 e. The van der Waals surface area contributed by atoms with E-state index in [1.807, 2.05) is 12.4 Å². The fourth-order valence-corrected chi connectivity index (χ4v) is 2.41. The van der Waals surface area contributed by atoms with Crippen LogP contribution in [0.1, 0.15) is 18.9 Å². The van der Waals surface area contributed by atoms with E-state index in [1.165, 1.54) is 12.0 Å². The summed E-state index contributed by atoms with van der Waals surface area (Å²) < 4.78 is 5.04. The van der Waals surface area contributed by atoms with Gasteiger partial charge < -0.3 is 10.1 Å². The normalized spacial score (nSPS) is 28.0. The standard InChI is InChI=1S/C13H20N2O/c1-11-9-13(11,10-15-7-8-16-2)12-3-5-14-6-4-12/h3-6,11,15H,7-10H2,1-2H3. The minimum atomic E-state index is 0.344. The summed E-state index contributed by atoms with van der Waals surface area (Å²) in [5.74, 6) is 0.768. The van der Waals surface area contributed by atoms with Crippen molar-refractivity contribution in [3.63, 3.8) is 0 Å². The second kappa shape index (κ2) is 4.93. The van der Waals surface area contributed by atoms with Gasteiger partial charge in [-0.15, -0.1) is 0 Å². The van der Waals surface area contributed by atoms with Gasteiger partial charge in [0.15, 0.2) is 0 Å². The third-order valence-corrected chi connectivity index (χ3v) is 3.63. The number of ether oxygens (including phenoxy) is 1. The van der Waals surface area contributed by atoms with E-state index in [1.54, 1.807) is 7.11 Å². The van der Waals surface area contributed by atoms with Crippen LogP contribution in [0.4, 0.5) is 0 Å². The van der Waals surface area contributed by atoms with Crippen LogP contribution in [0, 0.1) is 5.92 Å². The molecule has 0 saturated heterocycles. The zero-order valence-corrected chi connectivity index (χ0v) is 10.1. The van der Waals surface area contributed by atoms with Crippen molar-refractivity contribution >= 4 is 0 Å². The van der Waals surface area contributed by atoms with Crippen molar-refractivity contribution in [1.82, 2.24) is 10.3 Å². The summed E-state index contributed by atoms with van der Waals surface area (Å²) in [5.41, 5.74) is 1.76. The molecule has 0 spiro atoms. The fourth-order valence-electron chi connectivity index (χ4n) is 2.41. The van der Waals surface area contributed by atoms with Crippen LogP contribution in [0.25, 0.3) is 0 Å². The number of hydrogen-bond donors (Lipinski definition) is 1. The highest BCUT2D eigenvalue weighted by molar-refractivity contribution is 5.32. The second-order valence-corrected chi connectivity index (χ2v) is 4.67. The molecule has 1 aliphatic rings. The number of nitrogens with one attached hydrogen (secondary N) is 1. The Morgan fingerprint density at radius 3 is 2.75 bits per heavy atom. The third-order valence-electron chi connectivity index (χ3n) is 3.63. The average molecular weight is 220 g/mol. The summed E-state index contributed by atoms with van der Waals surface area (Å²) in [6.45, 7) is 5.07. The lowest BCUT2D eigenvalue weighted by Crippen LogP contribution is -2.30. The van der Waals surface area contributed by atoms with Crippen LogP contribution in [0.3, 0.4) is 0 Å². The van der Waals surface area contributed by atoms with Crippen LogP contribution < -0.4 is 5.32 Å². The Bertz CT molecular complexity index is 328. The molecule has 3 nitrogen and oxygen atoms in total. The lowest BCUT2D eigenvalue weighted by atomic mass is 9.94. The zero-order valence-electron chi connectivity index (χ0n) is 10.1. The third kappa shape index (κ3) is 2.25. The molecule has 0 aromatic carbocycles. The highest BCUT2D eigenvalue weighted by Crippen LogP contribution is 2.53. The van der Waals surface area contributed by atoms with E-state index in [0.29, 0.717) is 5.41 Å². The van der Waals surface area contributed by atoms with Crippen LogP contribution in [-0.4, -0.2) is 31.8 Å². The largest absolute Gasteiger partial charge is 0.383 e. The number of pyridine rings is 1. The molecule has 1 aliphatic carbocycles. The molecule has 1 heterocycles. The van der Waals surface area contributed by atoms with E-state index in [2.05, 4.69) is 29.4 Å². The van der Waals surface area contributed by atoms with Crippen LogP contribution in [0.2, 0.25) is 0 Å². The quantitative estimate of drug-likeness (QED) is 0.739. The molecular weight excluding hydrogens is 200 g/mol. The zero-order chi connectivity index (χ0) is 11.4. The van der Waals surface area contributed by atoms with Crippen LogP contribution in [0.15, 0.2) is 24.5 Å². The highest BCUT2D eigenvalue weighted by Gasteiger charge is 2.51. The van der Waals surface area contributed by atoms with Crippen LogP contribution in [0.5, 0.6) is 0 Å². The van der Waals surface area contributed by atoms with Crippen molar-refractivity contribution < 1.29 is 4.74 Å². The summed E-state index contributed by atoms with van der Waals surface area (Å²) >= 11 is 0. The Kier molecular flexibility index (Phi) is 3.56. The average Bonchev–Trinajstić information content (AvgIpc) is 2.98. The predicted molar refractivity (Wildman–Crippen MR) is 64.4 cm³/mol. The minimum absolute atomic E-state index is 0.344. The molecule has 1 N–H and O–H groups in total. The van der Waals surface area contributed by atoms with Gasteiger partial charge in [-0.25, -0.2) is 0 Å². The Labute approximate surface area is 97.2 Å². The molecule has 3 heteroatoms. The fraction of sp³-hybridized carbons (Fsp3) is 0.615. The van der Waals surface area contributed by atoms with Gasteiger partial charge in [0.2, 0.25) is 0 Å². The van der Waals surface area contributed by atoms with Gasteiger partial charge in [0.1, 0.15) is 0 Å². The Morgan fingerprint density at radius 2 is 2.19 bits per heavy atom. The molecule has 16 heavy (non-hydrogen) atoms. The van der Waals surface area contributed by atoms with Gasteiger partial charge in [-0.2, -0.15) is 0 Å². The van der Waals surface area contributed by atoms with Gasteiger partial charge in [-0.05, 0) is 30.0 Å². The van der Waals surface area contributed by atoms with Gasteiger partial charge in [-0.3, -0.25) is 4.98 Å². The molecule has 2 rings (SSSR count). The molecular formula is C13H20N2O. The molecule has 2 atom stereocenters. The predicted octanol–water partition coefficient (Wildman–Crippen LogP) is 1.60. The summed E-state index contributed by atoms with van der Waals surface area (Å²) in [6, 6.07) is 4.28. The van der Waals surface area contributed by atoms with E-state index in [0.717, 1.165) is 25.6 Å². The summed E-state index contributed by atoms with van der Waals surface area (Å²) in [4.78, 5) is 4.08. The first-order chi connectivity index (χ1) is 7.79. The molecule has 88 valence electrons. The molecule has 0 bridgehead atoms. The molecule has 0 amide bonds. The molecule has 0 radical (unpaired) electrons. The lowest BCUT2D eigenvalue weighted by molar-refractivity contribution is 0.198. The topological polar surface area (TPSA) is 34.1 Å². The van der Waals surface area contributed by atoms with Gasteiger partial charge in [-0.1, -0.05) is 6.92 Å². The highest BCUT2D eigenvalue weighted by atomic mass is 16.5. The molecule has 1 aromatic heterocycles. The monoisotopic (exact) mass is 220 g/mol. The maximum atomic E-state index is 5.04. The number of methoxy groups -OCH3 is 1. The number of aromatic nitrogens is 1. The molecule has 1 fully saturated rings. The Morgan fingerprint density at radius 1 is 1.50 bits per heavy atom. The van der Waals surface area contributed by atoms with Crippen molar-refractivity contribution in [2.75, 3.05) is 26.8 Å². The summed E-state index contributed by atoms with van der Waals surface area (Å²) in [7, 11) is 1.74. The van der Waals surface area contributed by atoms with Crippen LogP contribution in [-0.2, 0) is 10.2 Å². The minimum Gasteiger partial charge on any atom is -0.383 e.